The minimum atomic E-state index is -4.73. The van der Waals surface area contributed by atoms with Crippen molar-refractivity contribution in [2.75, 3.05) is 5.75 Å². The summed E-state index contributed by atoms with van der Waals surface area (Å²) < 4.78 is 53.1. The predicted octanol–water partition coefficient (Wildman–Crippen LogP) is 4.42. The van der Waals surface area contributed by atoms with Gasteiger partial charge in [0.25, 0.3) is 5.91 Å². The smallest absolute Gasteiger partial charge is 0.416 e. The predicted molar refractivity (Wildman–Crippen MR) is 102 cm³/mol. The van der Waals surface area contributed by atoms with Gasteiger partial charge in [-0.3, -0.25) is 4.79 Å². The van der Waals surface area contributed by atoms with Gasteiger partial charge in [0.2, 0.25) is 0 Å². The van der Waals surface area contributed by atoms with Gasteiger partial charge in [0.15, 0.2) is 0 Å². The number of thioether (sulfide) groups is 1. The van der Waals surface area contributed by atoms with Crippen LogP contribution in [-0.4, -0.2) is 27.8 Å². The van der Waals surface area contributed by atoms with E-state index in [1.807, 2.05) is 0 Å². The number of carbonyl (C=O) groups excluding carboxylic acids is 1. The van der Waals surface area contributed by atoms with Crippen molar-refractivity contribution >= 4 is 23.6 Å². The van der Waals surface area contributed by atoms with Crippen LogP contribution in [0.25, 0.3) is 0 Å². The fourth-order valence-corrected chi connectivity index (χ4v) is 4.29. The molecule has 0 fully saturated rings. The van der Waals surface area contributed by atoms with Gasteiger partial charge >= 0.3 is 12.1 Å². The van der Waals surface area contributed by atoms with Crippen LogP contribution in [0.2, 0.25) is 0 Å². The second kappa shape index (κ2) is 8.02. The normalized spacial score (nSPS) is 16.6. The second-order valence-corrected chi connectivity index (χ2v) is 7.65. The lowest BCUT2D eigenvalue weighted by Gasteiger charge is -2.14. The summed E-state index contributed by atoms with van der Waals surface area (Å²) in [5, 5.41) is 21.5. The van der Waals surface area contributed by atoms with E-state index < -0.39 is 46.7 Å². The Kier molecular flexibility index (Phi) is 5.80. The number of alkyl halides is 3. The number of phenolic OH excluding ortho intramolecular Hbond substituents is 1. The van der Waals surface area contributed by atoms with Crippen LogP contribution in [-0.2, 0) is 11.0 Å². The summed E-state index contributed by atoms with van der Waals surface area (Å²) in [6, 6.07) is 6.17. The molecule has 0 saturated carbocycles. The van der Waals surface area contributed by atoms with Crippen LogP contribution in [0.4, 0.5) is 17.6 Å². The van der Waals surface area contributed by atoms with Gasteiger partial charge in [-0.2, -0.15) is 13.2 Å². The van der Waals surface area contributed by atoms with Gasteiger partial charge in [-0.05, 0) is 42.3 Å². The Bertz CT molecular complexity index is 1070. The number of hydrogen-bond donors (Lipinski definition) is 3. The average molecular weight is 441 g/mol. The number of aliphatic carboxylic acids is 1. The molecule has 10 heteroatoms. The number of aromatic hydroxyl groups is 1. The molecule has 0 aliphatic carbocycles. The molecular weight excluding hydrogens is 426 g/mol. The first-order valence-electron chi connectivity index (χ1n) is 8.57. The maximum absolute atomic E-state index is 14.4. The van der Waals surface area contributed by atoms with Gasteiger partial charge in [-0.1, -0.05) is 12.1 Å². The lowest BCUT2D eigenvalue weighted by Crippen LogP contribution is -2.24. The van der Waals surface area contributed by atoms with Crippen molar-refractivity contribution in [2.45, 2.75) is 19.0 Å². The summed E-state index contributed by atoms with van der Waals surface area (Å²) in [7, 11) is 0. The van der Waals surface area contributed by atoms with Crippen molar-refractivity contribution < 1.29 is 37.4 Å². The molecule has 2 aromatic carbocycles. The second-order valence-electron chi connectivity index (χ2n) is 6.62. The maximum Gasteiger partial charge on any atom is 0.416 e. The van der Waals surface area contributed by atoms with Crippen molar-refractivity contribution in [3.8, 4) is 5.75 Å². The van der Waals surface area contributed by atoms with Crippen LogP contribution >= 0.6 is 11.8 Å². The van der Waals surface area contributed by atoms with Crippen molar-refractivity contribution in [2.24, 2.45) is 0 Å². The van der Waals surface area contributed by atoms with Crippen LogP contribution in [0.1, 0.15) is 33.0 Å². The molecule has 158 valence electrons. The fourth-order valence-electron chi connectivity index (χ4n) is 3.06. The minimum absolute atomic E-state index is 0.116. The number of phenols is 1. The number of carboxylic acids is 1. The Hall–Kier alpha value is -3.01. The van der Waals surface area contributed by atoms with Gasteiger partial charge in [0.05, 0.1) is 21.7 Å². The SMILES string of the molecule is Cc1ccc(C2CSC(NC(=O)c3cc(C(F)(F)F)ccc3O)=C2C(=O)O)c(F)c1. The van der Waals surface area contributed by atoms with E-state index in [4.69, 9.17) is 0 Å². The topological polar surface area (TPSA) is 86.6 Å². The minimum Gasteiger partial charge on any atom is -0.507 e. The van der Waals surface area contributed by atoms with Crippen molar-refractivity contribution in [3.05, 3.63) is 75.1 Å². The molecule has 3 N–H and O–H groups in total. The molecule has 1 heterocycles. The van der Waals surface area contributed by atoms with Gasteiger partial charge in [0, 0.05) is 11.7 Å². The van der Waals surface area contributed by atoms with Crippen LogP contribution in [0, 0.1) is 12.7 Å². The quantitative estimate of drug-likeness (QED) is 0.612. The van der Waals surface area contributed by atoms with Gasteiger partial charge in [0.1, 0.15) is 11.6 Å². The van der Waals surface area contributed by atoms with Crippen LogP contribution in [0.3, 0.4) is 0 Å². The average Bonchev–Trinajstić information content (AvgIpc) is 3.04. The molecule has 1 unspecified atom stereocenters. The van der Waals surface area contributed by atoms with Crippen molar-refractivity contribution in [3.63, 3.8) is 0 Å². The van der Waals surface area contributed by atoms with Crippen LogP contribution in [0.5, 0.6) is 5.75 Å². The van der Waals surface area contributed by atoms with E-state index in [0.717, 1.165) is 17.8 Å². The molecule has 0 spiro atoms. The van der Waals surface area contributed by atoms with E-state index in [-0.39, 0.29) is 21.9 Å². The summed E-state index contributed by atoms with van der Waals surface area (Å²) in [5.41, 5.74) is -1.29. The third kappa shape index (κ3) is 4.28. The third-order valence-electron chi connectivity index (χ3n) is 4.54. The van der Waals surface area contributed by atoms with Gasteiger partial charge in [-0.15, -0.1) is 11.8 Å². The molecule has 2 aromatic rings. The molecule has 1 aliphatic rings. The largest absolute Gasteiger partial charge is 0.507 e. The number of halogens is 4. The van der Waals surface area contributed by atoms with E-state index in [1.165, 1.54) is 12.1 Å². The summed E-state index contributed by atoms with van der Waals surface area (Å²) in [6.07, 6.45) is -4.73. The van der Waals surface area contributed by atoms with Crippen LogP contribution in [0.15, 0.2) is 47.0 Å². The van der Waals surface area contributed by atoms with Crippen molar-refractivity contribution in [1.29, 1.82) is 0 Å². The molecule has 0 radical (unpaired) electrons. The van der Waals surface area contributed by atoms with E-state index in [2.05, 4.69) is 5.32 Å². The Morgan fingerprint density at radius 2 is 1.87 bits per heavy atom. The Balaban J connectivity index is 1.96. The Morgan fingerprint density at radius 1 is 1.17 bits per heavy atom. The highest BCUT2D eigenvalue weighted by Crippen LogP contribution is 2.42. The number of hydrogen-bond acceptors (Lipinski definition) is 4. The third-order valence-corrected chi connectivity index (χ3v) is 5.66. The summed E-state index contributed by atoms with van der Waals surface area (Å²) in [4.78, 5) is 24.3. The first-order chi connectivity index (χ1) is 14.0. The number of rotatable bonds is 4. The fraction of sp³-hybridized carbons (Fsp3) is 0.200. The summed E-state index contributed by atoms with van der Waals surface area (Å²) >= 11 is 0.930. The highest BCUT2D eigenvalue weighted by Gasteiger charge is 2.36. The first-order valence-corrected chi connectivity index (χ1v) is 9.55. The first kappa shape index (κ1) is 21.7. The Labute approximate surface area is 172 Å². The number of carboxylic acid groups (broad SMARTS) is 1. The molecule has 3 rings (SSSR count). The molecule has 0 bridgehead atoms. The molecule has 1 amide bonds. The standard InChI is InChI=1S/C20H15F4NO4S/c1-9-2-4-11(14(21)6-9)13-8-30-18(16(13)19(28)29)25-17(27)12-7-10(20(22,23)24)3-5-15(12)26/h2-7,13,26H,8H2,1H3,(H,25,27)(H,28,29). The number of carbonyl (C=O) groups is 2. The Morgan fingerprint density at radius 3 is 2.47 bits per heavy atom. The maximum atomic E-state index is 14.4. The zero-order valence-corrected chi connectivity index (χ0v) is 16.2. The zero-order valence-electron chi connectivity index (χ0n) is 15.4. The van der Waals surface area contributed by atoms with E-state index in [9.17, 15) is 37.4 Å². The van der Waals surface area contributed by atoms with E-state index in [0.29, 0.717) is 17.7 Å². The van der Waals surface area contributed by atoms with Crippen LogP contribution < -0.4 is 5.32 Å². The lowest BCUT2D eigenvalue weighted by atomic mass is 9.92. The highest BCUT2D eigenvalue weighted by atomic mass is 32.2. The van der Waals surface area contributed by atoms with E-state index >= 15 is 0 Å². The molecule has 30 heavy (non-hydrogen) atoms. The summed E-state index contributed by atoms with van der Waals surface area (Å²) in [6.45, 7) is 1.68. The number of benzene rings is 2. The summed E-state index contributed by atoms with van der Waals surface area (Å²) in [5.74, 6) is -4.53. The molecule has 0 aromatic heterocycles. The molecule has 5 nitrogen and oxygen atoms in total. The molecule has 0 saturated heterocycles. The molecular formula is C20H15F4NO4S. The van der Waals surface area contributed by atoms with E-state index in [1.54, 1.807) is 13.0 Å². The van der Waals surface area contributed by atoms with Crippen molar-refractivity contribution in [1.82, 2.24) is 5.32 Å². The lowest BCUT2D eigenvalue weighted by molar-refractivity contribution is -0.137. The van der Waals surface area contributed by atoms with Gasteiger partial charge < -0.3 is 15.5 Å². The highest BCUT2D eigenvalue weighted by molar-refractivity contribution is 8.03. The zero-order chi connectivity index (χ0) is 22.2. The number of nitrogens with one attached hydrogen (secondary N) is 1. The molecule has 1 aliphatic heterocycles. The molecule has 1 atom stereocenters. The monoisotopic (exact) mass is 441 g/mol. The van der Waals surface area contributed by atoms with Gasteiger partial charge in [-0.25, -0.2) is 9.18 Å². The number of amides is 1. The number of aryl methyl sites for hydroxylation is 1.